The van der Waals surface area contributed by atoms with Crippen molar-refractivity contribution in [3.8, 4) is 0 Å². The van der Waals surface area contributed by atoms with Crippen molar-refractivity contribution in [3.63, 3.8) is 0 Å². The summed E-state index contributed by atoms with van der Waals surface area (Å²) >= 11 is 0. The number of para-hydroxylation sites is 2. The molecule has 2 N–H and O–H groups in total. The molecule has 10 heteroatoms. The van der Waals surface area contributed by atoms with Gasteiger partial charge in [-0.2, -0.15) is 0 Å². The molecule has 2 aromatic carbocycles. The summed E-state index contributed by atoms with van der Waals surface area (Å²) in [5.74, 6) is -0.897. The number of nitrogens with zero attached hydrogens (tertiary/aromatic N) is 3. The molecule has 4 rings (SSSR count). The van der Waals surface area contributed by atoms with E-state index in [9.17, 15) is 14.4 Å². The molecule has 0 radical (unpaired) electrons. The monoisotopic (exact) mass is 491 g/mol. The highest BCUT2D eigenvalue weighted by atomic mass is 16.6. The molecule has 10 nitrogen and oxygen atoms in total. The molecule has 1 aliphatic heterocycles. The number of hydrogen-bond acceptors (Lipinski definition) is 8. The number of likely N-dealkylation sites (tertiary alicyclic amines) is 1. The number of fused-ring (bicyclic) bond motifs is 1. The molecule has 1 aromatic heterocycles. The number of ether oxygens (including phenoxy) is 2. The molecular formula is C26H29N5O5. The fraction of sp³-hybridized carbons (Fsp3) is 0.346. The highest BCUT2D eigenvalue weighted by Gasteiger charge is 2.41. The van der Waals surface area contributed by atoms with Crippen LogP contribution in [0.3, 0.4) is 0 Å². The summed E-state index contributed by atoms with van der Waals surface area (Å²) in [5, 5.41) is 6.84. The Kier molecular flexibility index (Phi) is 7.05. The average Bonchev–Trinajstić information content (AvgIpc) is 3.27. The van der Waals surface area contributed by atoms with E-state index in [1.54, 1.807) is 51.1 Å². The van der Waals surface area contributed by atoms with Gasteiger partial charge in [-0.05, 0) is 45.0 Å². The smallest absolute Gasteiger partial charge is 0.410 e. The van der Waals surface area contributed by atoms with Crippen LogP contribution in [0.5, 0.6) is 0 Å². The van der Waals surface area contributed by atoms with Crippen molar-refractivity contribution in [2.45, 2.75) is 32.4 Å². The quantitative estimate of drug-likeness (QED) is 0.518. The summed E-state index contributed by atoms with van der Waals surface area (Å²) in [6, 6.07) is 13.8. The number of methoxy groups -OCH3 is 1. The Morgan fingerprint density at radius 1 is 1.00 bits per heavy atom. The second kappa shape index (κ2) is 10.2. The van der Waals surface area contributed by atoms with Gasteiger partial charge in [-0.25, -0.2) is 19.6 Å². The fourth-order valence-electron chi connectivity index (χ4n) is 4.10. The van der Waals surface area contributed by atoms with Crippen molar-refractivity contribution in [2.75, 3.05) is 30.8 Å². The van der Waals surface area contributed by atoms with Crippen molar-refractivity contribution in [1.82, 2.24) is 14.9 Å². The Bertz CT molecular complexity index is 1270. The van der Waals surface area contributed by atoms with Gasteiger partial charge in [0.1, 0.15) is 17.7 Å². The van der Waals surface area contributed by atoms with Gasteiger partial charge in [0.05, 0.1) is 30.1 Å². The number of esters is 1. The van der Waals surface area contributed by atoms with Crippen LogP contribution in [0.2, 0.25) is 0 Å². The Morgan fingerprint density at radius 2 is 1.75 bits per heavy atom. The van der Waals surface area contributed by atoms with Crippen LogP contribution >= 0.6 is 0 Å². The van der Waals surface area contributed by atoms with Crippen molar-refractivity contribution in [3.05, 3.63) is 60.4 Å². The Balaban J connectivity index is 1.64. The van der Waals surface area contributed by atoms with Crippen LogP contribution < -0.4 is 10.6 Å². The third kappa shape index (κ3) is 5.54. The number of hydrogen-bond donors (Lipinski definition) is 2. The van der Waals surface area contributed by atoms with Crippen molar-refractivity contribution < 1.29 is 23.9 Å². The normalized spacial score (nSPS) is 17.5. The molecule has 2 amide bonds. The Morgan fingerprint density at radius 3 is 2.44 bits per heavy atom. The predicted molar refractivity (Wildman–Crippen MR) is 135 cm³/mol. The predicted octanol–water partition coefficient (Wildman–Crippen LogP) is 3.70. The minimum atomic E-state index is -0.669. The van der Waals surface area contributed by atoms with Gasteiger partial charge in [0.2, 0.25) is 5.91 Å². The molecule has 3 aromatic rings. The first-order valence-electron chi connectivity index (χ1n) is 11.6. The molecule has 0 aliphatic carbocycles. The van der Waals surface area contributed by atoms with Gasteiger partial charge < -0.3 is 25.0 Å². The third-order valence-electron chi connectivity index (χ3n) is 5.74. The SMILES string of the molecule is COC(=O)c1cccc2c(N[C@H]3CN(C(=O)OC(C)(C)C)C[C@@H]3C(=O)Nc3ccccc3)ncnc12. The van der Waals surface area contributed by atoms with E-state index in [1.165, 1.54) is 18.3 Å². The molecule has 1 saturated heterocycles. The first-order chi connectivity index (χ1) is 17.2. The summed E-state index contributed by atoms with van der Waals surface area (Å²) in [5.41, 5.74) is 0.722. The minimum Gasteiger partial charge on any atom is -0.465 e. The van der Waals surface area contributed by atoms with Crippen molar-refractivity contribution in [1.29, 1.82) is 0 Å². The Hall–Kier alpha value is -4.21. The van der Waals surface area contributed by atoms with E-state index in [2.05, 4.69) is 20.6 Å². The first-order valence-corrected chi connectivity index (χ1v) is 11.6. The summed E-state index contributed by atoms with van der Waals surface area (Å²) < 4.78 is 10.4. The van der Waals surface area contributed by atoms with Crippen LogP contribution in [0.4, 0.5) is 16.3 Å². The first kappa shape index (κ1) is 24.9. The lowest BCUT2D eigenvalue weighted by molar-refractivity contribution is -0.119. The Labute approximate surface area is 209 Å². The van der Waals surface area contributed by atoms with Crippen molar-refractivity contribution >= 4 is 40.4 Å². The molecule has 1 aliphatic rings. The van der Waals surface area contributed by atoms with Crippen LogP contribution in [0.15, 0.2) is 54.9 Å². The molecular weight excluding hydrogens is 462 g/mol. The van der Waals surface area contributed by atoms with Gasteiger partial charge >= 0.3 is 12.1 Å². The van der Waals surface area contributed by atoms with E-state index in [4.69, 9.17) is 9.47 Å². The number of carbonyl (C=O) groups excluding carboxylic acids is 3. The van der Waals surface area contributed by atoms with Gasteiger partial charge in [-0.3, -0.25) is 4.79 Å². The lowest BCUT2D eigenvalue weighted by Crippen LogP contribution is -2.37. The van der Waals surface area contributed by atoms with E-state index in [0.717, 1.165) is 0 Å². The number of amides is 2. The van der Waals surface area contributed by atoms with Gasteiger partial charge in [0, 0.05) is 24.2 Å². The van der Waals surface area contributed by atoms with E-state index < -0.39 is 29.6 Å². The third-order valence-corrected chi connectivity index (χ3v) is 5.74. The van der Waals surface area contributed by atoms with E-state index in [1.807, 2.05) is 18.2 Å². The fourth-order valence-corrected chi connectivity index (χ4v) is 4.10. The van der Waals surface area contributed by atoms with Gasteiger partial charge in [-0.1, -0.05) is 24.3 Å². The maximum atomic E-state index is 13.3. The number of rotatable bonds is 5. The summed E-state index contributed by atoms with van der Waals surface area (Å²) in [6.45, 7) is 5.78. The van der Waals surface area contributed by atoms with Gasteiger partial charge in [0.15, 0.2) is 0 Å². The molecule has 2 atom stereocenters. The lowest BCUT2D eigenvalue weighted by atomic mass is 10.0. The highest BCUT2D eigenvalue weighted by Crippen LogP contribution is 2.28. The largest absolute Gasteiger partial charge is 0.465 e. The zero-order valence-corrected chi connectivity index (χ0v) is 20.6. The summed E-state index contributed by atoms with van der Waals surface area (Å²) in [4.78, 5) is 48.5. The number of benzene rings is 2. The number of carbonyl (C=O) groups is 3. The minimum absolute atomic E-state index is 0.168. The molecule has 1 fully saturated rings. The van der Waals surface area contributed by atoms with Gasteiger partial charge in [0.25, 0.3) is 0 Å². The van der Waals surface area contributed by atoms with E-state index in [-0.39, 0.29) is 19.0 Å². The molecule has 0 bridgehead atoms. The van der Waals surface area contributed by atoms with Crippen LogP contribution in [0.25, 0.3) is 10.9 Å². The average molecular weight is 492 g/mol. The topological polar surface area (TPSA) is 123 Å². The molecule has 36 heavy (non-hydrogen) atoms. The molecule has 2 heterocycles. The number of nitrogens with one attached hydrogen (secondary N) is 2. The van der Waals surface area contributed by atoms with Crippen LogP contribution in [0, 0.1) is 5.92 Å². The maximum absolute atomic E-state index is 13.3. The highest BCUT2D eigenvalue weighted by molar-refractivity contribution is 6.05. The van der Waals surface area contributed by atoms with Gasteiger partial charge in [-0.15, -0.1) is 0 Å². The molecule has 0 unspecified atom stereocenters. The number of anilines is 2. The molecule has 0 spiro atoms. The zero-order chi connectivity index (χ0) is 25.9. The molecule has 188 valence electrons. The number of aromatic nitrogens is 2. The molecule has 0 saturated carbocycles. The van der Waals surface area contributed by atoms with Crippen LogP contribution in [-0.2, 0) is 14.3 Å². The lowest BCUT2D eigenvalue weighted by Gasteiger charge is -2.24. The van der Waals surface area contributed by atoms with E-state index >= 15 is 0 Å². The van der Waals surface area contributed by atoms with Crippen LogP contribution in [-0.4, -0.2) is 64.7 Å². The van der Waals surface area contributed by atoms with E-state index in [0.29, 0.717) is 28.0 Å². The second-order valence-electron chi connectivity index (χ2n) is 9.51. The van der Waals surface area contributed by atoms with Crippen LogP contribution in [0.1, 0.15) is 31.1 Å². The zero-order valence-electron chi connectivity index (χ0n) is 20.6. The maximum Gasteiger partial charge on any atom is 0.410 e. The van der Waals surface area contributed by atoms with Crippen molar-refractivity contribution in [2.24, 2.45) is 5.92 Å². The summed E-state index contributed by atoms with van der Waals surface area (Å²) in [6.07, 6.45) is 0.848. The standard InChI is InChI=1S/C26H29N5O5/c1-26(2,3)36-25(34)31-13-19(23(32)29-16-9-6-5-7-10-16)20(14-31)30-22-17-11-8-12-18(24(33)35-4)21(17)27-15-28-22/h5-12,15,19-20H,13-14H2,1-4H3,(H,29,32)(H,27,28,30)/t19-,20-/m0/s1. The second-order valence-corrected chi connectivity index (χ2v) is 9.51. The summed E-state index contributed by atoms with van der Waals surface area (Å²) in [7, 11) is 1.31.